The van der Waals surface area contributed by atoms with Gasteiger partial charge in [0.25, 0.3) is 0 Å². The van der Waals surface area contributed by atoms with E-state index < -0.39 is 0 Å². The Labute approximate surface area is 144 Å². The smallest absolute Gasteiger partial charge is 0.160 e. The molecule has 0 amide bonds. The van der Waals surface area contributed by atoms with E-state index in [1.807, 2.05) is 13.0 Å². The van der Waals surface area contributed by atoms with E-state index in [9.17, 15) is 4.39 Å². The quantitative estimate of drug-likeness (QED) is 0.710. The first-order chi connectivity index (χ1) is 11.7. The van der Waals surface area contributed by atoms with Crippen LogP contribution in [0.1, 0.15) is 39.0 Å². The Morgan fingerprint density at radius 1 is 1.08 bits per heavy atom. The molecule has 5 heteroatoms. The minimum Gasteiger partial charge on any atom is -0.352 e. The number of ether oxygens (including phenoxy) is 4. The minimum atomic E-state index is -0.172. The molecule has 136 valence electrons. The van der Waals surface area contributed by atoms with Crippen LogP contribution < -0.4 is 0 Å². The highest BCUT2D eigenvalue weighted by molar-refractivity contribution is 4.98. The monoisotopic (exact) mass is 340 g/mol. The number of hydrogen-bond donors (Lipinski definition) is 0. The van der Waals surface area contributed by atoms with Gasteiger partial charge in [-0.2, -0.15) is 0 Å². The molecule has 1 unspecified atom stereocenters. The molecule has 2 heterocycles. The van der Waals surface area contributed by atoms with Gasteiger partial charge in [0.05, 0.1) is 32.3 Å². The van der Waals surface area contributed by atoms with E-state index >= 15 is 0 Å². The van der Waals surface area contributed by atoms with Crippen molar-refractivity contribution < 1.29 is 23.3 Å². The van der Waals surface area contributed by atoms with Crippen LogP contribution in [0.3, 0.4) is 0 Å². The zero-order chi connectivity index (χ0) is 16.8. The molecule has 0 aromatic heterocycles. The van der Waals surface area contributed by atoms with Crippen molar-refractivity contribution in [3.8, 4) is 0 Å². The summed E-state index contributed by atoms with van der Waals surface area (Å²) in [5.41, 5.74) is 0. The van der Waals surface area contributed by atoms with Crippen LogP contribution >= 0.6 is 0 Å². The predicted octanol–water partition coefficient (Wildman–Crippen LogP) is 3.97. The number of halogens is 1. The molecule has 0 aromatic carbocycles. The molecule has 24 heavy (non-hydrogen) atoms. The van der Waals surface area contributed by atoms with Crippen molar-refractivity contribution in [1.29, 1.82) is 0 Å². The third-order valence-corrected chi connectivity index (χ3v) is 5.04. The van der Waals surface area contributed by atoms with E-state index in [4.69, 9.17) is 18.9 Å². The highest BCUT2D eigenvalue weighted by Crippen LogP contribution is 2.31. The van der Waals surface area contributed by atoms with Crippen molar-refractivity contribution >= 4 is 0 Å². The second-order valence-electron chi connectivity index (χ2n) is 7.05. The molecule has 0 spiro atoms. The molecule has 1 atom stereocenters. The van der Waals surface area contributed by atoms with Crippen LogP contribution in [-0.4, -0.2) is 39.0 Å². The van der Waals surface area contributed by atoms with E-state index in [0.717, 1.165) is 38.9 Å². The van der Waals surface area contributed by atoms with Gasteiger partial charge in [0.1, 0.15) is 0 Å². The molecule has 0 bridgehead atoms. The third-order valence-electron chi connectivity index (χ3n) is 5.04. The Balaban J connectivity index is 1.32. The maximum atomic E-state index is 13.1. The van der Waals surface area contributed by atoms with E-state index in [2.05, 4.69) is 6.08 Å². The largest absolute Gasteiger partial charge is 0.352 e. The van der Waals surface area contributed by atoms with Crippen LogP contribution in [0, 0.1) is 17.8 Å². The van der Waals surface area contributed by atoms with E-state index in [0.29, 0.717) is 37.4 Å². The van der Waals surface area contributed by atoms with Crippen LogP contribution in [-0.2, 0) is 18.9 Å². The van der Waals surface area contributed by atoms with Gasteiger partial charge in [-0.15, -0.1) is 0 Å². The van der Waals surface area contributed by atoms with Crippen molar-refractivity contribution in [2.45, 2.75) is 51.6 Å². The maximum absolute atomic E-state index is 13.1. The van der Waals surface area contributed by atoms with Crippen LogP contribution in [0.5, 0.6) is 0 Å². The van der Waals surface area contributed by atoms with Gasteiger partial charge in [0.2, 0.25) is 0 Å². The van der Waals surface area contributed by atoms with Crippen molar-refractivity contribution in [2.75, 3.05) is 26.4 Å². The Morgan fingerprint density at radius 2 is 1.83 bits per heavy atom. The molecule has 4 nitrogen and oxygen atoms in total. The summed E-state index contributed by atoms with van der Waals surface area (Å²) in [5.74, 6) is 1.06. The Kier molecular flexibility index (Phi) is 6.84. The highest BCUT2D eigenvalue weighted by atomic mass is 19.1. The molecule has 0 saturated carbocycles. The van der Waals surface area contributed by atoms with Crippen LogP contribution in [0.4, 0.5) is 4.39 Å². The summed E-state index contributed by atoms with van der Waals surface area (Å²) in [6.07, 6.45) is 9.48. The van der Waals surface area contributed by atoms with Crippen molar-refractivity contribution in [1.82, 2.24) is 0 Å². The second kappa shape index (κ2) is 9.09. The average molecular weight is 340 g/mol. The summed E-state index contributed by atoms with van der Waals surface area (Å²) in [5, 5.41) is 0. The van der Waals surface area contributed by atoms with Gasteiger partial charge >= 0.3 is 0 Å². The third kappa shape index (κ3) is 5.12. The lowest BCUT2D eigenvalue weighted by Gasteiger charge is -2.35. The summed E-state index contributed by atoms with van der Waals surface area (Å²) in [6, 6.07) is 0. The minimum absolute atomic E-state index is 0.00378. The van der Waals surface area contributed by atoms with E-state index in [1.54, 1.807) is 6.08 Å². The summed E-state index contributed by atoms with van der Waals surface area (Å²) in [7, 11) is 0. The molecular weight excluding hydrogens is 311 g/mol. The van der Waals surface area contributed by atoms with Gasteiger partial charge in [-0.1, -0.05) is 18.2 Å². The fraction of sp³-hybridized carbons (Fsp3) is 0.789. The summed E-state index contributed by atoms with van der Waals surface area (Å²) in [6.45, 7) is 4.91. The van der Waals surface area contributed by atoms with Crippen LogP contribution in [0.15, 0.2) is 24.1 Å². The standard InChI is InChI=1S/C19H29FO4/c1-2-3-14-10-21-18(22-11-14)9-4-15-12-23-19(24-13-15)16-5-7-17(20)8-6-16/h2-3,7,14-16,18-19H,4-6,8-13H2,1H3/b3-2-. The first-order valence-corrected chi connectivity index (χ1v) is 9.18. The fourth-order valence-corrected chi connectivity index (χ4v) is 3.55. The van der Waals surface area contributed by atoms with Crippen LogP contribution in [0.25, 0.3) is 0 Å². The Bertz CT molecular complexity index is 435. The molecule has 2 fully saturated rings. The first-order valence-electron chi connectivity index (χ1n) is 9.18. The molecule has 0 radical (unpaired) electrons. The SMILES string of the molecule is C/C=C\C1COC(CCC2COC(C3CC=C(F)CC3)OC2)OC1. The van der Waals surface area contributed by atoms with Gasteiger partial charge in [0.15, 0.2) is 12.6 Å². The normalized spacial score (nSPS) is 38.2. The van der Waals surface area contributed by atoms with Gasteiger partial charge in [-0.25, -0.2) is 4.39 Å². The highest BCUT2D eigenvalue weighted by Gasteiger charge is 2.31. The molecule has 2 saturated heterocycles. The van der Waals surface area contributed by atoms with Crippen molar-refractivity contribution in [3.05, 3.63) is 24.1 Å². The molecule has 3 aliphatic rings. The van der Waals surface area contributed by atoms with Gasteiger partial charge in [-0.05, 0) is 39.0 Å². The molecule has 3 rings (SSSR count). The second-order valence-corrected chi connectivity index (χ2v) is 7.05. The topological polar surface area (TPSA) is 36.9 Å². The first kappa shape index (κ1) is 18.1. The lowest BCUT2D eigenvalue weighted by atomic mass is 9.92. The predicted molar refractivity (Wildman–Crippen MR) is 88.9 cm³/mol. The van der Waals surface area contributed by atoms with Gasteiger partial charge in [0, 0.05) is 17.8 Å². The van der Waals surface area contributed by atoms with E-state index in [-0.39, 0.29) is 18.4 Å². The molecule has 0 N–H and O–H groups in total. The van der Waals surface area contributed by atoms with Gasteiger partial charge in [-0.3, -0.25) is 0 Å². The van der Waals surface area contributed by atoms with Crippen molar-refractivity contribution in [3.63, 3.8) is 0 Å². The maximum Gasteiger partial charge on any atom is 0.160 e. The summed E-state index contributed by atoms with van der Waals surface area (Å²) >= 11 is 0. The zero-order valence-electron chi connectivity index (χ0n) is 14.5. The molecular formula is C19H29FO4. The van der Waals surface area contributed by atoms with E-state index in [1.165, 1.54) is 0 Å². The lowest BCUT2D eigenvalue weighted by Crippen LogP contribution is -2.38. The molecule has 1 aliphatic carbocycles. The lowest BCUT2D eigenvalue weighted by molar-refractivity contribution is -0.232. The Morgan fingerprint density at radius 3 is 2.46 bits per heavy atom. The average Bonchev–Trinajstić information content (AvgIpc) is 2.63. The molecule has 0 aromatic rings. The number of rotatable bonds is 5. The van der Waals surface area contributed by atoms with Crippen molar-refractivity contribution in [2.24, 2.45) is 17.8 Å². The summed E-state index contributed by atoms with van der Waals surface area (Å²) < 4.78 is 36.4. The fourth-order valence-electron chi connectivity index (χ4n) is 3.55. The Hall–Kier alpha value is -0.750. The van der Waals surface area contributed by atoms with Gasteiger partial charge < -0.3 is 18.9 Å². The molecule has 2 aliphatic heterocycles. The number of allylic oxidation sites excluding steroid dienone is 3. The zero-order valence-corrected chi connectivity index (χ0v) is 14.5. The number of hydrogen-bond acceptors (Lipinski definition) is 4. The summed E-state index contributed by atoms with van der Waals surface area (Å²) in [4.78, 5) is 0. The van der Waals surface area contributed by atoms with Crippen LogP contribution in [0.2, 0.25) is 0 Å².